The number of para-hydroxylation sites is 2. The van der Waals surface area contributed by atoms with Gasteiger partial charge in [0.2, 0.25) is 5.95 Å². The van der Waals surface area contributed by atoms with Gasteiger partial charge in [0.1, 0.15) is 30.5 Å². The van der Waals surface area contributed by atoms with Crippen LogP contribution in [0.5, 0.6) is 11.5 Å². The fourth-order valence-corrected chi connectivity index (χ4v) is 4.15. The molecule has 1 atom stereocenters. The predicted molar refractivity (Wildman–Crippen MR) is 133 cm³/mol. The summed E-state index contributed by atoms with van der Waals surface area (Å²) in [6.45, 7) is 2.30. The van der Waals surface area contributed by atoms with Gasteiger partial charge in [-0.1, -0.05) is 54.6 Å². The van der Waals surface area contributed by atoms with E-state index in [1.807, 2.05) is 73.7 Å². The molecule has 4 aromatic rings. The highest BCUT2D eigenvalue weighted by molar-refractivity contribution is 6.06. The first kappa shape index (κ1) is 22.2. The minimum Gasteiger partial charge on any atom is -0.495 e. The maximum Gasteiger partial charge on any atom is 0.255 e. The van der Waals surface area contributed by atoms with Crippen LogP contribution in [0.1, 0.15) is 24.1 Å². The van der Waals surface area contributed by atoms with Crippen LogP contribution in [-0.2, 0) is 11.4 Å². The zero-order valence-electron chi connectivity index (χ0n) is 19.4. The van der Waals surface area contributed by atoms with Gasteiger partial charge < -0.3 is 20.1 Å². The van der Waals surface area contributed by atoms with Crippen molar-refractivity contribution in [3.05, 3.63) is 108 Å². The summed E-state index contributed by atoms with van der Waals surface area (Å²) >= 11 is 0. The van der Waals surface area contributed by atoms with Gasteiger partial charge in [0, 0.05) is 5.70 Å². The number of ether oxygens (including phenoxy) is 2. The summed E-state index contributed by atoms with van der Waals surface area (Å²) in [7, 11) is 1.57. The molecule has 0 fully saturated rings. The van der Waals surface area contributed by atoms with Crippen LogP contribution in [0.2, 0.25) is 0 Å². The van der Waals surface area contributed by atoms with Crippen molar-refractivity contribution in [2.45, 2.75) is 19.6 Å². The molecule has 35 heavy (non-hydrogen) atoms. The number of fused-ring (bicyclic) bond motifs is 1. The number of aromatic nitrogens is 3. The smallest absolute Gasteiger partial charge is 0.255 e. The summed E-state index contributed by atoms with van der Waals surface area (Å²) in [4.78, 5) is 17.9. The first-order valence-electron chi connectivity index (χ1n) is 11.2. The molecule has 8 heteroatoms. The van der Waals surface area contributed by atoms with Crippen molar-refractivity contribution in [1.82, 2.24) is 14.8 Å². The van der Waals surface area contributed by atoms with Crippen molar-refractivity contribution >= 4 is 17.5 Å². The van der Waals surface area contributed by atoms with E-state index in [0.29, 0.717) is 41.0 Å². The van der Waals surface area contributed by atoms with Gasteiger partial charge in [0.15, 0.2) is 0 Å². The normalized spacial score (nSPS) is 14.6. The first-order chi connectivity index (χ1) is 17.1. The van der Waals surface area contributed by atoms with Crippen LogP contribution in [0, 0.1) is 0 Å². The van der Waals surface area contributed by atoms with Crippen LogP contribution in [0.25, 0.3) is 0 Å². The Morgan fingerprint density at radius 3 is 2.69 bits per heavy atom. The molecule has 1 aliphatic rings. The topological polar surface area (TPSA) is 90.3 Å². The van der Waals surface area contributed by atoms with Crippen LogP contribution in [0.3, 0.4) is 0 Å². The number of hydrogen-bond donors (Lipinski definition) is 2. The van der Waals surface area contributed by atoms with Crippen molar-refractivity contribution < 1.29 is 14.3 Å². The maximum atomic E-state index is 13.6. The van der Waals surface area contributed by atoms with Crippen molar-refractivity contribution in [1.29, 1.82) is 0 Å². The Morgan fingerprint density at radius 1 is 1.06 bits per heavy atom. The number of nitrogens with zero attached hydrogens (tertiary/aromatic N) is 3. The molecule has 1 unspecified atom stereocenters. The molecule has 1 aromatic heterocycles. The standard InChI is InChI=1S/C27H25N5O3/c1-18-24(26(33)31-22-13-6-7-14-23(22)34-2)25(32-27(30-18)28-17-29-32)20-11-8-12-21(15-20)35-16-19-9-4-3-5-10-19/h3-15,17,25H,16H2,1-2H3,(H,31,33)(H,28,29,30). The molecular formula is C27H25N5O3. The highest BCUT2D eigenvalue weighted by atomic mass is 16.5. The van der Waals surface area contributed by atoms with E-state index in [-0.39, 0.29) is 5.91 Å². The Balaban J connectivity index is 1.48. The number of carbonyl (C=O) groups excluding carboxylic acids is 1. The van der Waals surface area contributed by atoms with Gasteiger partial charge in [0.25, 0.3) is 5.91 Å². The lowest BCUT2D eigenvalue weighted by atomic mass is 9.94. The zero-order valence-corrected chi connectivity index (χ0v) is 19.4. The van der Waals surface area contributed by atoms with Gasteiger partial charge in [-0.15, -0.1) is 0 Å². The minimum atomic E-state index is -0.497. The summed E-state index contributed by atoms with van der Waals surface area (Å²) in [5.41, 5.74) is 3.73. The number of allylic oxidation sites excluding steroid dienone is 1. The first-order valence-corrected chi connectivity index (χ1v) is 11.2. The zero-order chi connectivity index (χ0) is 24.2. The Hall–Kier alpha value is -4.59. The van der Waals surface area contributed by atoms with Crippen molar-refractivity contribution in [3.8, 4) is 11.5 Å². The summed E-state index contributed by atoms with van der Waals surface area (Å²) < 4.78 is 13.2. The Labute approximate surface area is 203 Å². The number of benzene rings is 3. The van der Waals surface area contributed by atoms with Crippen LogP contribution in [0.15, 0.2) is 96.5 Å². The fourth-order valence-electron chi connectivity index (χ4n) is 4.15. The SMILES string of the molecule is COc1ccccc1NC(=O)C1=C(C)Nc2ncnn2C1c1cccc(OCc2ccccc2)c1. The third kappa shape index (κ3) is 4.59. The lowest BCUT2D eigenvalue weighted by Gasteiger charge is -2.29. The minimum absolute atomic E-state index is 0.263. The molecule has 0 saturated carbocycles. The van der Waals surface area contributed by atoms with Gasteiger partial charge in [-0.3, -0.25) is 4.79 Å². The van der Waals surface area contributed by atoms with E-state index in [9.17, 15) is 4.79 Å². The lowest BCUT2D eigenvalue weighted by molar-refractivity contribution is -0.113. The van der Waals surface area contributed by atoms with Crippen LogP contribution in [-0.4, -0.2) is 27.8 Å². The lowest BCUT2D eigenvalue weighted by Crippen LogP contribution is -2.31. The number of anilines is 2. The third-order valence-corrected chi connectivity index (χ3v) is 5.82. The molecular weight excluding hydrogens is 442 g/mol. The second kappa shape index (κ2) is 9.72. The van der Waals surface area contributed by atoms with Gasteiger partial charge in [-0.25, -0.2) is 4.68 Å². The average Bonchev–Trinajstić information content (AvgIpc) is 3.35. The number of carbonyl (C=O) groups is 1. The van der Waals surface area contributed by atoms with E-state index in [1.165, 1.54) is 6.33 Å². The number of methoxy groups -OCH3 is 1. The second-order valence-corrected chi connectivity index (χ2v) is 8.10. The van der Waals surface area contributed by atoms with E-state index < -0.39 is 6.04 Å². The number of rotatable bonds is 7. The molecule has 0 spiro atoms. The summed E-state index contributed by atoms with van der Waals surface area (Å²) in [5, 5.41) is 10.6. The molecule has 1 aliphatic heterocycles. The van der Waals surface area contributed by atoms with Gasteiger partial charge in [-0.2, -0.15) is 10.1 Å². The average molecular weight is 468 g/mol. The van der Waals surface area contributed by atoms with Gasteiger partial charge >= 0.3 is 0 Å². The summed E-state index contributed by atoms with van der Waals surface area (Å²) in [6.07, 6.45) is 1.47. The Kier molecular flexibility index (Phi) is 6.17. The maximum absolute atomic E-state index is 13.6. The van der Waals surface area contributed by atoms with Crippen LogP contribution >= 0.6 is 0 Å². The molecule has 0 saturated heterocycles. The number of nitrogens with one attached hydrogen (secondary N) is 2. The molecule has 176 valence electrons. The summed E-state index contributed by atoms with van der Waals surface area (Å²) in [5.74, 6) is 1.59. The third-order valence-electron chi connectivity index (χ3n) is 5.82. The van der Waals surface area contributed by atoms with Crippen LogP contribution in [0.4, 0.5) is 11.6 Å². The van der Waals surface area contributed by atoms with Crippen molar-refractivity contribution in [3.63, 3.8) is 0 Å². The van der Waals surface area contributed by atoms with Gasteiger partial charge in [0.05, 0.1) is 18.4 Å². The highest BCUT2D eigenvalue weighted by Gasteiger charge is 2.34. The summed E-state index contributed by atoms with van der Waals surface area (Å²) in [6, 6.07) is 24.5. The molecule has 2 heterocycles. The molecule has 5 rings (SSSR count). The highest BCUT2D eigenvalue weighted by Crippen LogP contribution is 2.37. The Bertz CT molecular complexity index is 1380. The quantitative estimate of drug-likeness (QED) is 0.406. The van der Waals surface area contributed by atoms with E-state index in [1.54, 1.807) is 23.9 Å². The van der Waals surface area contributed by atoms with E-state index in [0.717, 1.165) is 11.1 Å². The molecule has 8 nitrogen and oxygen atoms in total. The van der Waals surface area contributed by atoms with Crippen molar-refractivity contribution in [2.75, 3.05) is 17.7 Å². The Morgan fingerprint density at radius 2 is 1.86 bits per heavy atom. The number of hydrogen-bond acceptors (Lipinski definition) is 6. The molecule has 0 aliphatic carbocycles. The monoisotopic (exact) mass is 467 g/mol. The van der Waals surface area contributed by atoms with Crippen LogP contribution < -0.4 is 20.1 Å². The molecule has 1 amide bonds. The molecule has 0 bridgehead atoms. The van der Waals surface area contributed by atoms with Crippen molar-refractivity contribution in [2.24, 2.45) is 0 Å². The van der Waals surface area contributed by atoms with Gasteiger partial charge in [-0.05, 0) is 42.3 Å². The number of amides is 1. The van der Waals surface area contributed by atoms with E-state index in [4.69, 9.17) is 9.47 Å². The van der Waals surface area contributed by atoms with E-state index >= 15 is 0 Å². The fraction of sp³-hybridized carbons (Fsp3) is 0.148. The molecule has 2 N–H and O–H groups in total. The second-order valence-electron chi connectivity index (χ2n) is 8.10. The molecule has 3 aromatic carbocycles. The largest absolute Gasteiger partial charge is 0.495 e. The van der Waals surface area contributed by atoms with E-state index in [2.05, 4.69) is 20.7 Å². The molecule has 0 radical (unpaired) electrons. The predicted octanol–water partition coefficient (Wildman–Crippen LogP) is 4.79.